The lowest BCUT2D eigenvalue weighted by molar-refractivity contribution is -0.123. The molecular formula is C11H17N3O2S. The summed E-state index contributed by atoms with van der Waals surface area (Å²) in [6, 6.07) is -0.366. The standard InChI is InChI=1S/C11H17N3O2S/c1-6-5-17-11(13-6)7(2)14-10(16)9-3-8(15)4-12-9/h5,7-9,12,15H,3-4H2,1-2H3,(H,14,16). The van der Waals surface area contributed by atoms with E-state index < -0.39 is 6.10 Å². The van der Waals surface area contributed by atoms with Crippen LogP contribution in [0.5, 0.6) is 0 Å². The molecule has 1 aliphatic rings. The lowest BCUT2D eigenvalue weighted by Gasteiger charge is -2.15. The molecule has 5 nitrogen and oxygen atoms in total. The fourth-order valence-electron chi connectivity index (χ4n) is 1.86. The van der Waals surface area contributed by atoms with Gasteiger partial charge in [0.1, 0.15) is 5.01 Å². The van der Waals surface area contributed by atoms with Gasteiger partial charge in [-0.1, -0.05) is 0 Å². The molecule has 0 spiro atoms. The molecule has 3 unspecified atom stereocenters. The lowest BCUT2D eigenvalue weighted by Crippen LogP contribution is -2.41. The van der Waals surface area contributed by atoms with Crippen LogP contribution in [-0.2, 0) is 4.79 Å². The molecule has 1 fully saturated rings. The van der Waals surface area contributed by atoms with Gasteiger partial charge in [0.2, 0.25) is 5.91 Å². The van der Waals surface area contributed by atoms with Gasteiger partial charge in [-0.2, -0.15) is 0 Å². The van der Waals surface area contributed by atoms with Crippen molar-refractivity contribution >= 4 is 17.2 Å². The van der Waals surface area contributed by atoms with E-state index in [9.17, 15) is 9.90 Å². The molecule has 0 aromatic carbocycles. The molecule has 0 radical (unpaired) electrons. The number of amides is 1. The average molecular weight is 255 g/mol. The second-order valence-corrected chi connectivity index (χ2v) is 5.30. The van der Waals surface area contributed by atoms with Crippen LogP contribution >= 0.6 is 11.3 Å². The summed E-state index contributed by atoms with van der Waals surface area (Å²) in [6.07, 6.45) is 0.0679. The minimum atomic E-state index is -0.414. The lowest BCUT2D eigenvalue weighted by atomic mass is 10.2. The number of nitrogens with zero attached hydrogens (tertiary/aromatic N) is 1. The number of β-amino-alcohol motifs (C(OH)–C–C–N with tert-alkyl or cyclic N) is 1. The number of nitrogens with one attached hydrogen (secondary N) is 2. The number of carbonyl (C=O) groups excluding carboxylic acids is 1. The SMILES string of the molecule is Cc1csc(C(C)NC(=O)C2CC(O)CN2)n1. The fraction of sp³-hybridized carbons (Fsp3) is 0.636. The van der Waals surface area contributed by atoms with Crippen LogP contribution in [0.3, 0.4) is 0 Å². The molecule has 0 bridgehead atoms. The Bertz CT molecular complexity index is 407. The summed E-state index contributed by atoms with van der Waals surface area (Å²) < 4.78 is 0. The van der Waals surface area contributed by atoms with Crippen molar-refractivity contribution in [1.82, 2.24) is 15.6 Å². The van der Waals surface area contributed by atoms with Crippen LogP contribution in [0.4, 0.5) is 0 Å². The minimum Gasteiger partial charge on any atom is -0.392 e. The zero-order valence-electron chi connectivity index (χ0n) is 9.93. The van der Waals surface area contributed by atoms with Crippen molar-refractivity contribution in [2.24, 2.45) is 0 Å². The van der Waals surface area contributed by atoms with E-state index in [0.717, 1.165) is 10.7 Å². The number of aryl methyl sites for hydroxylation is 1. The number of aliphatic hydroxyl groups is 1. The van der Waals surface area contributed by atoms with Gasteiger partial charge >= 0.3 is 0 Å². The molecule has 3 atom stereocenters. The van der Waals surface area contributed by atoms with Gasteiger partial charge in [-0.3, -0.25) is 4.79 Å². The summed E-state index contributed by atoms with van der Waals surface area (Å²) in [4.78, 5) is 16.2. The van der Waals surface area contributed by atoms with Crippen LogP contribution in [0.1, 0.15) is 30.1 Å². The first kappa shape index (κ1) is 12.5. The molecule has 17 heavy (non-hydrogen) atoms. The molecule has 1 amide bonds. The molecule has 2 rings (SSSR count). The first-order valence-electron chi connectivity index (χ1n) is 5.70. The summed E-state index contributed by atoms with van der Waals surface area (Å²) in [5.41, 5.74) is 0.973. The molecule has 0 saturated carbocycles. The van der Waals surface area contributed by atoms with Crippen molar-refractivity contribution in [2.75, 3.05) is 6.54 Å². The van der Waals surface area contributed by atoms with E-state index >= 15 is 0 Å². The van der Waals surface area contributed by atoms with Crippen molar-refractivity contribution in [2.45, 2.75) is 38.5 Å². The van der Waals surface area contributed by atoms with Gasteiger partial charge in [-0.25, -0.2) is 4.98 Å². The first-order valence-corrected chi connectivity index (χ1v) is 6.58. The number of aromatic nitrogens is 1. The van der Waals surface area contributed by atoms with E-state index in [2.05, 4.69) is 15.6 Å². The molecule has 94 valence electrons. The summed E-state index contributed by atoms with van der Waals surface area (Å²) in [5.74, 6) is -0.0677. The number of rotatable bonds is 3. The summed E-state index contributed by atoms with van der Waals surface area (Å²) in [5, 5.41) is 18.1. The number of carbonyl (C=O) groups is 1. The van der Waals surface area contributed by atoms with Gasteiger partial charge in [0.05, 0.1) is 18.2 Å². The molecule has 1 aromatic rings. The van der Waals surface area contributed by atoms with E-state index in [1.54, 1.807) is 11.3 Å². The second kappa shape index (κ2) is 5.12. The first-order chi connectivity index (χ1) is 8.06. The van der Waals surface area contributed by atoms with Crippen molar-refractivity contribution in [3.05, 3.63) is 16.1 Å². The van der Waals surface area contributed by atoms with Crippen LogP contribution in [0, 0.1) is 6.92 Å². The van der Waals surface area contributed by atoms with Crippen LogP contribution in [0.15, 0.2) is 5.38 Å². The molecule has 3 N–H and O–H groups in total. The van der Waals surface area contributed by atoms with Crippen LogP contribution in [-0.4, -0.2) is 34.7 Å². The zero-order chi connectivity index (χ0) is 12.4. The quantitative estimate of drug-likeness (QED) is 0.728. The van der Waals surface area contributed by atoms with Crippen LogP contribution < -0.4 is 10.6 Å². The monoisotopic (exact) mass is 255 g/mol. The van der Waals surface area contributed by atoms with E-state index in [4.69, 9.17) is 0 Å². The maximum absolute atomic E-state index is 11.9. The molecule has 0 aliphatic carbocycles. The third-order valence-corrected chi connectivity index (χ3v) is 3.94. The summed E-state index contributed by atoms with van der Waals surface area (Å²) >= 11 is 1.55. The van der Waals surface area contributed by atoms with E-state index in [1.165, 1.54) is 0 Å². The largest absolute Gasteiger partial charge is 0.392 e. The van der Waals surface area contributed by atoms with Crippen molar-refractivity contribution in [3.63, 3.8) is 0 Å². The molecule has 1 aromatic heterocycles. The highest BCUT2D eigenvalue weighted by atomic mass is 32.1. The highest BCUT2D eigenvalue weighted by Crippen LogP contribution is 2.18. The highest BCUT2D eigenvalue weighted by molar-refractivity contribution is 7.09. The Morgan fingerprint density at radius 2 is 2.53 bits per heavy atom. The van der Waals surface area contributed by atoms with Gasteiger partial charge in [-0.15, -0.1) is 11.3 Å². The Balaban J connectivity index is 1.90. The van der Waals surface area contributed by atoms with Crippen LogP contribution in [0.2, 0.25) is 0 Å². The normalized spacial score (nSPS) is 25.8. The average Bonchev–Trinajstić information content (AvgIpc) is 2.87. The number of thiazole rings is 1. The Morgan fingerprint density at radius 3 is 3.06 bits per heavy atom. The van der Waals surface area contributed by atoms with E-state index in [-0.39, 0.29) is 18.0 Å². The Morgan fingerprint density at radius 1 is 1.76 bits per heavy atom. The van der Waals surface area contributed by atoms with Crippen LogP contribution in [0.25, 0.3) is 0 Å². The summed E-state index contributed by atoms with van der Waals surface area (Å²) in [7, 11) is 0. The molecule has 1 saturated heterocycles. The maximum Gasteiger partial charge on any atom is 0.237 e. The van der Waals surface area contributed by atoms with Gasteiger partial charge in [0, 0.05) is 17.6 Å². The summed E-state index contributed by atoms with van der Waals surface area (Å²) in [6.45, 7) is 4.34. The predicted octanol–water partition coefficient (Wildman–Crippen LogP) is 0.352. The van der Waals surface area contributed by atoms with Gasteiger partial charge < -0.3 is 15.7 Å². The van der Waals surface area contributed by atoms with Gasteiger partial charge in [0.25, 0.3) is 0 Å². The second-order valence-electron chi connectivity index (χ2n) is 4.41. The Labute approximate surface area is 104 Å². The topological polar surface area (TPSA) is 74.2 Å². The number of hydrogen-bond donors (Lipinski definition) is 3. The van der Waals surface area contributed by atoms with Crippen molar-refractivity contribution in [1.29, 1.82) is 0 Å². The Hall–Kier alpha value is -0.980. The molecule has 6 heteroatoms. The van der Waals surface area contributed by atoms with Crippen molar-refractivity contribution in [3.8, 4) is 0 Å². The predicted molar refractivity (Wildman–Crippen MR) is 65.8 cm³/mol. The molecule has 1 aliphatic heterocycles. The number of hydrogen-bond acceptors (Lipinski definition) is 5. The smallest absolute Gasteiger partial charge is 0.237 e. The van der Waals surface area contributed by atoms with Crippen molar-refractivity contribution < 1.29 is 9.90 Å². The maximum atomic E-state index is 11.9. The van der Waals surface area contributed by atoms with Gasteiger partial charge in [0.15, 0.2) is 0 Å². The molecule has 2 heterocycles. The van der Waals surface area contributed by atoms with E-state index in [1.807, 2.05) is 19.2 Å². The van der Waals surface area contributed by atoms with Gasteiger partial charge in [-0.05, 0) is 20.3 Å². The number of aliphatic hydroxyl groups excluding tert-OH is 1. The third kappa shape index (κ3) is 3.02. The minimum absolute atomic E-state index is 0.0677. The Kier molecular flexibility index (Phi) is 3.76. The zero-order valence-corrected chi connectivity index (χ0v) is 10.8. The molecular weight excluding hydrogens is 238 g/mol. The third-order valence-electron chi connectivity index (χ3n) is 2.79. The highest BCUT2D eigenvalue weighted by Gasteiger charge is 2.29. The fourth-order valence-corrected chi connectivity index (χ4v) is 2.67. The van der Waals surface area contributed by atoms with E-state index in [0.29, 0.717) is 13.0 Å².